The van der Waals surface area contributed by atoms with Crippen molar-refractivity contribution in [2.45, 2.75) is 50.9 Å². The fraction of sp³-hybridized carbons (Fsp3) is 0.296. The summed E-state index contributed by atoms with van der Waals surface area (Å²) >= 11 is 0. The first kappa shape index (κ1) is 20.4. The van der Waals surface area contributed by atoms with Gasteiger partial charge in [-0.3, -0.25) is 4.90 Å². The molecule has 1 aliphatic carbocycles. The number of nitrogens with zero attached hydrogens (tertiary/aromatic N) is 1. The third-order valence-electron chi connectivity index (χ3n) is 5.90. The van der Waals surface area contributed by atoms with Gasteiger partial charge in [-0.05, 0) is 48.9 Å². The summed E-state index contributed by atoms with van der Waals surface area (Å²) in [6, 6.07) is 31.1. The summed E-state index contributed by atoms with van der Waals surface area (Å²) < 4.78 is 5.78. The lowest BCUT2D eigenvalue weighted by molar-refractivity contribution is 0.00940. The van der Waals surface area contributed by atoms with Crippen LogP contribution in [0.5, 0.6) is 0 Å². The van der Waals surface area contributed by atoms with Crippen molar-refractivity contribution >= 4 is 5.97 Å². The van der Waals surface area contributed by atoms with Crippen molar-refractivity contribution in [2.75, 3.05) is 0 Å². The van der Waals surface area contributed by atoms with Crippen molar-refractivity contribution in [3.05, 3.63) is 108 Å². The van der Waals surface area contributed by atoms with E-state index in [0.717, 1.165) is 38.8 Å². The molecule has 0 atom stereocenters. The quantitative estimate of drug-likeness (QED) is 0.466. The Morgan fingerprint density at radius 2 is 1.17 bits per heavy atom. The van der Waals surface area contributed by atoms with Crippen LogP contribution in [0.15, 0.2) is 91.0 Å². The minimum atomic E-state index is -0.204. The summed E-state index contributed by atoms with van der Waals surface area (Å²) in [5.74, 6) is -0.204. The molecule has 0 spiro atoms. The molecular weight excluding hydrogens is 370 g/mol. The van der Waals surface area contributed by atoms with Crippen molar-refractivity contribution in [3.8, 4) is 0 Å². The molecule has 1 saturated carbocycles. The lowest BCUT2D eigenvalue weighted by Crippen LogP contribution is -2.39. The molecule has 3 nitrogen and oxygen atoms in total. The summed E-state index contributed by atoms with van der Waals surface area (Å²) in [4.78, 5) is 15.0. The number of hydrogen-bond acceptors (Lipinski definition) is 3. The number of carbonyl (C=O) groups is 1. The van der Waals surface area contributed by atoms with E-state index in [-0.39, 0.29) is 12.1 Å². The van der Waals surface area contributed by atoms with Crippen molar-refractivity contribution in [1.29, 1.82) is 0 Å². The minimum absolute atomic E-state index is 0.0178. The molecule has 0 saturated heterocycles. The molecule has 0 radical (unpaired) electrons. The van der Waals surface area contributed by atoms with Crippen LogP contribution in [0.3, 0.4) is 0 Å². The summed E-state index contributed by atoms with van der Waals surface area (Å²) in [6.07, 6.45) is 3.95. The number of benzene rings is 3. The normalized spacial score (nSPS) is 18.8. The van der Waals surface area contributed by atoms with E-state index in [1.165, 1.54) is 11.1 Å². The van der Waals surface area contributed by atoms with Crippen LogP contribution in [0.1, 0.15) is 47.2 Å². The second kappa shape index (κ2) is 10.2. The van der Waals surface area contributed by atoms with E-state index in [2.05, 4.69) is 65.6 Å². The Balaban J connectivity index is 1.38. The molecule has 0 aromatic heterocycles. The highest BCUT2D eigenvalue weighted by Gasteiger charge is 2.28. The second-order valence-corrected chi connectivity index (χ2v) is 8.08. The van der Waals surface area contributed by atoms with Crippen LogP contribution in [0.2, 0.25) is 0 Å². The highest BCUT2D eigenvalue weighted by molar-refractivity contribution is 5.89. The first-order valence-electron chi connectivity index (χ1n) is 10.9. The molecule has 154 valence electrons. The predicted octanol–water partition coefficient (Wildman–Crippen LogP) is 5.86. The van der Waals surface area contributed by atoms with Crippen molar-refractivity contribution < 1.29 is 9.53 Å². The minimum Gasteiger partial charge on any atom is -0.459 e. The van der Waals surface area contributed by atoms with E-state index in [9.17, 15) is 4.79 Å². The smallest absolute Gasteiger partial charge is 0.338 e. The van der Waals surface area contributed by atoms with Gasteiger partial charge in [-0.1, -0.05) is 78.9 Å². The van der Waals surface area contributed by atoms with Crippen LogP contribution >= 0.6 is 0 Å². The van der Waals surface area contributed by atoms with E-state index in [1.807, 2.05) is 30.3 Å². The SMILES string of the molecule is O=C(OC1CCC(N(Cc2ccccc2)Cc2ccccc2)CC1)c1ccccc1. The van der Waals surface area contributed by atoms with Crippen LogP contribution in [-0.4, -0.2) is 23.0 Å². The molecule has 3 heteroatoms. The fourth-order valence-corrected chi connectivity index (χ4v) is 4.27. The zero-order chi connectivity index (χ0) is 20.6. The Morgan fingerprint density at radius 3 is 1.67 bits per heavy atom. The third-order valence-corrected chi connectivity index (χ3v) is 5.90. The molecule has 0 aliphatic heterocycles. The zero-order valence-electron chi connectivity index (χ0n) is 17.3. The molecular formula is C27H29NO2. The molecule has 0 amide bonds. The second-order valence-electron chi connectivity index (χ2n) is 8.08. The molecule has 3 aromatic carbocycles. The molecule has 0 bridgehead atoms. The van der Waals surface area contributed by atoms with Gasteiger partial charge in [-0.25, -0.2) is 4.79 Å². The largest absolute Gasteiger partial charge is 0.459 e. The van der Waals surface area contributed by atoms with E-state index in [4.69, 9.17) is 4.74 Å². The lowest BCUT2D eigenvalue weighted by atomic mass is 9.91. The first-order valence-corrected chi connectivity index (χ1v) is 10.9. The van der Waals surface area contributed by atoms with Gasteiger partial charge in [0.25, 0.3) is 0 Å². The number of carbonyl (C=O) groups excluding carboxylic acids is 1. The van der Waals surface area contributed by atoms with Crippen LogP contribution in [0, 0.1) is 0 Å². The van der Waals surface area contributed by atoms with Crippen molar-refractivity contribution in [2.24, 2.45) is 0 Å². The summed E-state index contributed by atoms with van der Waals surface area (Å²) in [5, 5.41) is 0. The Bertz CT molecular complexity index is 862. The molecule has 3 aromatic rings. The summed E-state index contributed by atoms with van der Waals surface area (Å²) in [7, 11) is 0. The van der Waals surface area contributed by atoms with E-state index in [0.29, 0.717) is 11.6 Å². The maximum Gasteiger partial charge on any atom is 0.338 e. The molecule has 0 N–H and O–H groups in total. The topological polar surface area (TPSA) is 29.5 Å². The molecule has 30 heavy (non-hydrogen) atoms. The van der Waals surface area contributed by atoms with Crippen LogP contribution in [0.4, 0.5) is 0 Å². The van der Waals surface area contributed by atoms with Crippen LogP contribution in [0.25, 0.3) is 0 Å². The lowest BCUT2D eigenvalue weighted by Gasteiger charge is -2.37. The van der Waals surface area contributed by atoms with Gasteiger partial charge in [0.05, 0.1) is 5.56 Å². The molecule has 0 unspecified atom stereocenters. The molecule has 4 rings (SSSR count). The van der Waals surface area contributed by atoms with Crippen LogP contribution in [-0.2, 0) is 17.8 Å². The standard InChI is InChI=1S/C27H29NO2/c29-27(24-14-8-3-9-15-24)30-26-18-16-25(17-19-26)28(20-22-10-4-1-5-11-22)21-23-12-6-2-7-13-23/h1-15,25-26H,16-21H2. The Hall–Kier alpha value is -2.91. The monoisotopic (exact) mass is 399 g/mol. The zero-order valence-corrected chi connectivity index (χ0v) is 17.3. The number of esters is 1. The van der Waals surface area contributed by atoms with Gasteiger partial charge in [0.15, 0.2) is 0 Å². The Kier molecular flexibility index (Phi) is 6.94. The summed E-state index contributed by atoms with van der Waals surface area (Å²) in [5.41, 5.74) is 3.31. The predicted molar refractivity (Wildman–Crippen MR) is 120 cm³/mol. The highest BCUT2D eigenvalue weighted by Crippen LogP contribution is 2.28. The van der Waals surface area contributed by atoms with E-state index in [1.54, 1.807) is 0 Å². The maximum absolute atomic E-state index is 12.4. The van der Waals surface area contributed by atoms with Crippen LogP contribution < -0.4 is 0 Å². The first-order chi connectivity index (χ1) is 14.8. The highest BCUT2D eigenvalue weighted by atomic mass is 16.5. The average Bonchev–Trinajstić information content (AvgIpc) is 2.81. The van der Waals surface area contributed by atoms with Gasteiger partial charge in [0.1, 0.15) is 6.10 Å². The van der Waals surface area contributed by atoms with Gasteiger partial charge in [-0.2, -0.15) is 0 Å². The van der Waals surface area contributed by atoms with Gasteiger partial charge in [0, 0.05) is 19.1 Å². The summed E-state index contributed by atoms with van der Waals surface area (Å²) in [6.45, 7) is 1.88. The van der Waals surface area contributed by atoms with Gasteiger partial charge < -0.3 is 4.74 Å². The van der Waals surface area contributed by atoms with E-state index >= 15 is 0 Å². The fourth-order valence-electron chi connectivity index (χ4n) is 4.27. The number of ether oxygens (including phenoxy) is 1. The van der Waals surface area contributed by atoms with Gasteiger partial charge in [-0.15, -0.1) is 0 Å². The van der Waals surface area contributed by atoms with Crippen molar-refractivity contribution in [3.63, 3.8) is 0 Å². The molecule has 1 fully saturated rings. The Labute approximate surface area is 179 Å². The van der Waals surface area contributed by atoms with E-state index < -0.39 is 0 Å². The maximum atomic E-state index is 12.4. The number of rotatable bonds is 7. The Morgan fingerprint density at radius 1 is 0.700 bits per heavy atom. The molecule has 0 heterocycles. The number of hydrogen-bond donors (Lipinski definition) is 0. The third kappa shape index (κ3) is 5.58. The van der Waals surface area contributed by atoms with Crippen molar-refractivity contribution in [1.82, 2.24) is 4.90 Å². The molecule has 1 aliphatic rings. The van der Waals surface area contributed by atoms with Gasteiger partial charge in [0.2, 0.25) is 0 Å². The van der Waals surface area contributed by atoms with Gasteiger partial charge >= 0.3 is 5.97 Å². The average molecular weight is 400 g/mol.